The maximum Gasteiger partial charge on any atom is 0.420 e. The number of rotatable bonds is 3. The zero-order valence-corrected chi connectivity index (χ0v) is 17.3. The first-order valence-electron chi connectivity index (χ1n) is 9.56. The van der Waals surface area contributed by atoms with Crippen molar-refractivity contribution in [1.29, 1.82) is 0 Å². The molecule has 1 aliphatic rings. The topological polar surface area (TPSA) is 59.7 Å². The minimum Gasteiger partial charge on any atom is -0.443 e. The van der Waals surface area contributed by atoms with Crippen LogP contribution in [0.4, 0.5) is 20.7 Å². The van der Waals surface area contributed by atoms with E-state index < -0.39 is 17.5 Å². The lowest BCUT2D eigenvalue weighted by Crippen LogP contribution is -2.35. The summed E-state index contributed by atoms with van der Waals surface area (Å²) in [5, 5.41) is 4.68. The second-order valence-corrected chi connectivity index (χ2v) is 8.58. The fraction of sp³-hybridized carbons (Fsp3) is 0.381. The molecule has 4 rings (SSSR count). The van der Waals surface area contributed by atoms with Crippen molar-refractivity contribution in [2.45, 2.75) is 51.6 Å². The summed E-state index contributed by atoms with van der Waals surface area (Å²) >= 11 is 6.31. The predicted molar refractivity (Wildman–Crippen MR) is 109 cm³/mol. The summed E-state index contributed by atoms with van der Waals surface area (Å²) in [6.07, 6.45) is 4.43. The highest BCUT2D eigenvalue weighted by molar-refractivity contribution is 6.29. The van der Waals surface area contributed by atoms with E-state index in [-0.39, 0.29) is 5.15 Å². The molecule has 6 nitrogen and oxygen atoms in total. The molecule has 0 spiro atoms. The largest absolute Gasteiger partial charge is 0.443 e. The third-order valence-electron chi connectivity index (χ3n) is 4.87. The Labute approximate surface area is 173 Å². The average Bonchev–Trinajstić information content (AvgIpc) is 2.95. The molecule has 0 atom stereocenters. The number of ether oxygens (including phenoxy) is 1. The number of amides is 1. The number of carbonyl (C=O) groups is 1. The van der Waals surface area contributed by atoms with Crippen molar-refractivity contribution >= 4 is 34.8 Å². The smallest absolute Gasteiger partial charge is 0.420 e. The van der Waals surface area contributed by atoms with Crippen molar-refractivity contribution in [3.63, 3.8) is 0 Å². The molecule has 1 fully saturated rings. The van der Waals surface area contributed by atoms with Crippen molar-refractivity contribution in [2.75, 3.05) is 4.90 Å². The quantitative estimate of drug-likeness (QED) is 0.501. The molecule has 0 aliphatic heterocycles. The maximum absolute atomic E-state index is 14.0. The van der Waals surface area contributed by atoms with Crippen LogP contribution in [0.15, 0.2) is 36.5 Å². The Morgan fingerprint density at radius 1 is 1.31 bits per heavy atom. The van der Waals surface area contributed by atoms with Crippen LogP contribution >= 0.6 is 11.6 Å². The molecule has 29 heavy (non-hydrogen) atoms. The summed E-state index contributed by atoms with van der Waals surface area (Å²) in [7, 11) is 0. The zero-order chi connectivity index (χ0) is 20.8. The highest BCUT2D eigenvalue weighted by Gasteiger charge is 2.30. The first-order chi connectivity index (χ1) is 13.7. The predicted octanol–water partition coefficient (Wildman–Crippen LogP) is 5.86. The van der Waals surface area contributed by atoms with Gasteiger partial charge >= 0.3 is 6.09 Å². The third kappa shape index (κ3) is 3.92. The van der Waals surface area contributed by atoms with E-state index in [1.165, 1.54) is 35.6 Å². The van der Waals surface area contributed by atoms with Gasteiger partial charge < -0.3 is 4.74 Å². The molecule has 2 aromatic heterocycles. The fourth-order valence-corrected chi connectivity index (χ4v) is 3.53. The lowest BCUT2D eigenvalue weighted by molar-refractivity contribution is 0.0597. The summed E-state index contributed by atoms with van der Waals surface area (Å²) in [6, 6.07) is 7.27. The zero-order valence-electron chi connectivity index (χ0n) is 16.5. The van der Waals surface area contributed by atoms with Gasteiger partial charge in [0.1, 0.15) is 22.4 Å². The molecule has 8 heteroatoms. The van der Waals surface area contributed by atoms with E-state index >= 15 is 0 Å². The first-order valence-corrected chi connectivity index (χ1v) is 9.93. The van der Waals surface area contributed by atoms with Crippen LogP contribution in [0.2, 0.25) is 5.15 Å². The number of hydrogen-bond acceptors (Lipinski definition) is 4. The van der Waals surface area contributed by atoms with Gasteiger partial charge in [0.25, 0.3) is 0 Å². The summed E-state index contributed by atoms with van der Waals surface area (Å²) in [6.45, 7) is 5.31. The van der Waals surface area contributed by atoms with Gasteiger partial charge in [-0.2, -0.15) is 9.61 Å². The van der Waals surface area contributed by atoms with Crippen molar-refractivity contribution in [2.24, 2.45) is 0 Å². The lowest BCUT2D eigenvalue weighted by atomic mass is 9.81. The third-order valence-corrected chi connectivity index (χ3v) is 5.06. The number of carbonyl (C=O) groups excluding carboxylic acids is 1. The number of anilines is 2. The van der Waals surface area contributed by atoms with Gasteiger partial charge in [0.05, 0.1) is 11.9 Å². The normalized spacial score (nSPS) is 14.7. The molecule has 152 valence electrons. The highest BCUT2D eigenvalue weighted by atomic mass is 35.5. The van der Waals surface area contributed by atoms with E-state index in [4.69, 9.17) is 16.3 Å². The van der Waals surface area contributed by atoms with E-state index in [1.54, 1.807) is 37.5 Å². The van der Waals surface area contributed by atoms with Crippen LogP contribution in [0, 0.1) is 5.82 Å². The SMILES string of the molecule is CC(C)(C)OC(=O)N(c1cccc(F)c1)c1cc(Cl)nc2c(C3CCC3)cnn12. The summed E-state index contributed by atoms with van der Waals surface area (Å²) in [5.41, 5.74) is 1.17. The van der Waals surface area contributed by atoms with Crippen molar-refractivity contribution in [3.8, 4) is 0 Å². The Bertz CT molecular complexity index is 1070. The van der Waals surface area contributed by atoms with E-state index in [1.807, 2.05) is 0 Å². The molecule has 0 bridgehead atoms. The minimum absolute atomic E-state index is 0.221. The van der Waals surface area contributed by atoms with Crippen LogP contribution in [0.1, 0.15) is 51.5 Å². The molecule has 3 aromatic rings. The standard InChI is InChI=1S/C21H22ClFN4O2/c1-21(2,3)29-20(28)26(15-9-5-8-14(23)10-15)18-11-17(22)25-19-16(12-24-27(18)19)13-6-4-7-13/h5,8-13H,4,6-7H2,1-3H3. The second-order valence-electron chi connectivity index (χ2n) is 8.20. The molecule has 1 saturated carbocycles. The number of fused-ring (bicyclic) bond motifs is 1. The van der Waals surface area contributed by atoms with Gasteiger partial charge in [-0.25, -0.2) is 19.1 Å². The van der Waals surface area contributed by atoms with Crippen molar-refractivity contribution in [3.05, 3.63) is 53.1 Å². The number of benzene rings is 1. The fourth-order valence-electron chi connectivity index (χ4n) is 3.36. The van der Waals surface area contributed by atoms with E-state index in [0.29, 0.717) is 23.1 Å². The molecule has 1 aromatic carbocycles. The van der Waals surface area contributed by atoms with Crippen LogP contribution in [-0.4, -0.2) is 26.3 Å². The van der Waals surface area contributed by atoms with Gasteiger partial charge in [0.2, 0.25) is 0 Å². The number of halogens is 2. The van der Waals surface area contributed by atoms with E-state index in [2.05, 4.69) is 10.1 Å². The van der Waals surface area contributed by atoms with Crippen molar-refractivity contribution in [1.82, 2.24) is 14.6 Å². The molecule has 1 aliphatic carbocycles. The Balaban J connectivity index is 1.89. The lowest BCUT2D eigenvalue weighted by Gasteiger charge is -2.28. The monoisotopic (exact) mass is 416 g/mol. The Morgan fingerprint density at radius 2 is 2.07 bits per heavy atom. The summed E-state index contributed by atoms with van der Waals surface area (Å²) in [4.78, 5) is 18.8. The average molecular weight is 417 g/mol. The van der Waals surface area contributed by atoms with Gasteiger partial charge in [-0.15, -0.1) is 0 Å². The van der Waals surface area contributed by atoms with Crippen LogP contribution in [-0.2, 0) is 4.74 Å². The summed E-state index contributed by atoms with van der Waals surface area (Å²) < 4.78 is 21.1. The van der Waals surface area contributed by atoms with Gasteiger partial charge in [-0.1, -0.05) is 24.1 Å². The van der Waals surface area contributed by atoms with Gasteiger partial charge in [-0.05, 0) is 57.7 Å². The first kappa shape index (κ1) is 19.6. The number of aromatic nitrogens is 3. The Kier molecular flexibility index (Phi) is 4.94. The molecular weight excluding hydrogens is 395 g/mol. The molecular formula is C21H22ClFN4O2. The van der Waals surface area contributed by atoms with Gasteiger partial charge in [0, 0.05) is 11.6 Å². The Hall–Kier alpha value is -2.67. The molecule has 0 N–H and O–H groups in total. The van der Waals surface area contributed by atoms with Crippen LogP contribution in [0.5, 0.6) is 0 Å². The summed E-state index contributed by atoms with van der Waals surface area (Å²) in [5.74, 6) is 0.254. The van der Waals surface area contributed by atoms with Crippen LogP contribution in [0.25, 0.3) is 5.65 Å². The number of nitrogens with zero attached hydrogens (tertiary/aromatic N) is 4. The van der Waals surface area contributed by atoms with E-state index in [9.17, 15) is 9.18 Å². The van der Waals surface area contributed by atoms with Crippen LogP contribution in [0.3, 0.4) is 0 Å². The Morgan fingerprint density at radius 3 is 2.69 bits per heavy atom. The van der Waals surface area contributed by atoms with Crippen LogP contribution < -0.4 is 4.90 Å². The van der Waals surface area contributed by atoms with E-state index in [0.717, 1.165) is 18.4 Å². The second kappa shape index (κ2) is 7.30. The highest BCUT2D eigenvalue weighted by Crippen LogP contribution is 2.39. The maximum atomic E-state index is 14.0. The van der Waals surface area contributed by atoms with Crippen molar-refractivity contribution < 1.29 is 13.9 Å². The minimum atomic E-state index is -0.736. The number of hydrogen-bond donors (Lipinski definition) is 0. The molecule has 1 amide bonds. The molecule has 2 heterocycles. The molecule has 0 unspecified atom stereocenters. The van der Waals surface area contributed by atoms with Gasteiger partial charge in [-0.3, -0.25) is 0 Å². The molecule has 0 saturated heterocycles. The molecule has 0 radical (unpaired) electrons. The van der Waals surface area contributed by atoms with Gasteiger partial charge in [0.15, 0.2) is 5.65 Å².